The van der Waals surface area contributed by atoms with Crippen molar-refractivity contribution >= 4 is 34.6 Å². The quantitative estimate of drug-likeness (QED) is 0.849. The highest BCUT2D eigenvalue weighted by Gasteiger charge is 2.33. The first-order valence-electron chi connectivity index (χ1n) is 6.59. The molecule has 0 aliphatic carbocycles. The van der Waals surface area contributed by atoms with E-state index < -0.39 is 0 Å². The van der Waals surface area contributed by atoms with Crippen LogP contribution in [0.4, 0.5) is 5.69 Å². The van der Waals surface area contributed by atoms with Gasteiger partial charge in [-0.3, -0.25) is 15.1 Å². The molecule has 0 bridgehead atoms. The van der Waals surface area contributed by atoms with Gasteiger partial charge in [0.15, 0.2) is 5.17 Å². The normalized spacial score (nSPS) is 16.8. The van der Waals surface area contributed by atoms with Crippen molar-refractivity contribution in [2.24, 2.45) is 0 Å². The molecule has 1 fully saturated rings. The summed E-state index contributed by atoms with van der Waals surface area (Å²) in [5, 5.41) is 8.29. The fourth-order valence-corrected chi connectivity index (χ4v) is 2.98. The van der Waals surface area contributed by atoms with Crippen molar-refractivity contribution < 1.29 is 4.79 Å². The SMILES string of the molecule is Cc1ccc(N2C(=N)S/C(=C\c3ccccc3)C2=O)cc1. The van der Waals surface area contributed by atoms with Crippen LogP contribution in [0.15, 0.2) is 59.5 Å². The van der Waals surface area contributed by atoms with Crippen LogP contribution >= 0.6 is 11.8 Å². The molecule has 2 aromatic carbocycles. The Morgan fingerprint density at radius 2 is 1.71 bits per heavy atom. The molecule has 1 saturated heterocycles. The van der Waals surface area contributed by atoms with Gasteiger partial charge in [-0.05, 0) is 42.5 Å². The minimum atomic E-state index is -0.141. The fraction of sp³-hybridized carbons (Fsp3) is 0.0588. The molecule has 1 amide bonds. The van der Waals surface area contributed by atoms with Gasteiger partial charge in [0, 0.05) is 0 Å². The lowest BCUT2D eigenvalue weighted by molar-refractivity contribution is -0.113. The molecule has 0 radical (unpaired) electrons. The Morgan fingerprint density at radius 3 is 2.38 bits per heavy atom. The molecule has 104 valence electrons. The Morgan fingerprint density at radius 1 is 1.05 bits per heavy atom. The summed E-state index contributed by atoms with van der Waals surface area (Å²) in [5.74, 6) is -0.141. The van der Waals surface area contributed by atoms with Crippen LogP contribution in [0.3, 0.4) is 0 Å². The number of nitrogens with zero attached hydrogens (tertiary/aromatic N) is 1. The Bertz CT molecular complexity index is 720. The zero-order chi connectivity index (χ0) is 14.8. The van der Waals surface area contributed by atoms with Crippen LogP contribution in [0.25, 0.3) is 6.08 Å². The minimum absolute atomic E-state index is 0.141. The number of hydrogen-bond acceptors (Lipinski definition) is 3. The molecule has 3 rings (SSSR count). The Hall–Kier alpha value is -2.33. The molecular weight excluding hydrogens is 280 g/mol. The van der Waals surface area contributed by atoms with Crippen molar-refractivity contribution in [3.63, 3.8) is 0 Å². The number of carbonyl (C=O) groups is 1. The lowest BCUT2D eigenvalue weighted by Gasteiger charge is -2.14. The molecule has 1 aliphatic heterocycles. The van der Waals surface area contributed by atoms with Gasteiger partial charge in [0.05, 0.1) is 10.6 Å². The summed E-state index contributed by atoms with van der Waals surface area (Å²) in [6, 6.07) is 17.3. The van der Waals surface area contributed by atoms with Gasteiger partial charge < -0.3 is 0 Å². The van der Waals surface area contributed by atoms with E-state index in [0.717, 1.165) is 16.8 Å². The maximum Gasteiger partial charge on any atom is 0.271 e. The number of anilines is 1. The van der Waals surface area contributed by atoms with E-state index in [0.29, 0.717) is 4.91 Å². The Kier molecular flexibility index (Phi) is 3.62. The first-order chi connectivity index (χ1) is 10.1. The van der Waals surface area contributed by atoms with E-state index in [4.69, 9.17) is 5.41 Å². The third kappa shape index (κ3) is 2.76. The summed E-state index contributed by atoms with van der Waals surface area (Å²) in [6.45, 7) is 2.00. The Labute approximate surface area is 127 Å². The van der Waals surface area contributed by atoms with Gasteiger partial charge in [-0.1, -0.05) is 48.0 Å². The molecule has 0 atom stereocenters. The van der Waals surface area contributed by atoms with E-state index in [1.807, 2.05) is 67.6 Å². The van der Waals surface area contributed by atoms with Gasteiger partial charge in [0.1, 0.15) is 0 Å². The highest BCUT2D eigenvalue weighted by molar-refractivity contribution is 8.19. The van der Waals surface area contributed by atoms with Crippen molar-refractivity contribution in [1.29, 1.82) is 5.41 Å². The second kappa shape index (κ2) is 5.58. The second-order valence-corrected chi connectivity index (χ2v) is 5.83. The molecule has 21 heavy (non-hydrogen) atoms. The number of aryl methyl sites for hydroxylation is 1. The van der Waals surface area contributed by atoms with E-state index in [2.05, 4.69) is 0 Å². The zero-order valence-electron chi connectivity index (χ0n) is 11.5. The number of amidine groups is 1. The molecule has 0 unspecified atom stereocenters. The standard InChI is InChI=1S/C17H14N2OS/c1-12-7-9-14(10-8-12)19-16(20)15(21-17(19)18)11-13-5-3-2-4-6-13/h2-11,18H,1H3/b15-11-,18-17?. The maximum atomic E-state index is 12.5. The van der Waals surface area contributed by atoms with Crippen molar-refractivity contribution in [1.82, 2.24) is 0 Å². The Balaban J connectivity index is 1.92. The van der Waals surface area contributed by atoms with E-state index in [1.54, 1.807) is 0 Å². The average Bonchev–Trinajstić information content (AvgIpc) is 2.76. The smallest absolute Gasteiger partial charge is 0.271 e. The second-order valence-electron chi connectivity index (χ2n) is 4.80. The van der Waals surface area contributed by atoms with E-state index in [-0.39, 0.29) is 11.1 Å². The molecule has 0 saturated carbocycles. The summed E-state index contributed by atoms with van der Waals surface area (Å²) in [7, 11) is 0. The van der Waals surface area contributed by atoms with Gasteiger partial charge >= 0.3 is 0 Å². The molecule has 1 heterocycles. The van der Waals surface area contributed by atoms with Crippen molar-refractivity contribution in [2.45, 2.75) is 6.92 Å². The van der Waals surface area contributed by atoms with Gasteiger partial charge in [-0.25, -0.2) is 0 Å². The largest absolute Gasteiger partial charge is 0.278 e. The summed E-state index contributed by atoms with van der Waals surface area (Å²) < 4.78 is 0. The predicted molar refractivity (Wildman–Crippen MR) is 88.4 cm³/mol. The summed E-state index contributed by atoms with van der Waals surface area (Å²) in [5.41, 5.74) is 2.83. The molecule has 1 aliphatic rings. The summed E-state index contributed by atoms with van der Waals surface area (Å²) in [6.07, 6.45) is 1.83. The first kappa shape index (κ1) is 13.6. The summed E-state index contributed by atoms with van der Waals surface area (Å²) >= 11 is 1.20. The third-order valence-electron chi connectivity index (χ3n) is 3.21. The number of amides is 1. The molecule has 4 heteroatoms. The molecule has 0 aromatic heterocycles. The lowest BCUT2D eigenvalue weighted by Crippen LogP contribution is -2.28. The van der Waals surface area contributed by atoms with Crippen molar-refractivity contribution in [3.05, 3.63) is 70.6 Å². The van der Waals surface area contributed by atoms with Gasteiger partial charge in [-0.2, -0.15) is 0 Å². The van der Waals surface area contributed by atoms with Gasteiger partial charge in [0.2, 0.25) is 0 Å². The number of nitrogens with one attached hydrogen (secondary N) is 1. The highest BCUT2D eigenvalue weighted by atomic mass is 32.2. The highest BCUT2D eigenvalue weighted by Crippen LogP contribution is 2.35. The van der Waals surface area contributed by atoms with E-state index >= 15 is 0 Å². The monoisotopic (exact) mass is 294 g/mol. The lowest BCUT2D eigenvalue weighted by atomic mass is 10.2. The van der Waals surface area contributed by atoms with Crippen molar-refractivity contribution in [3.8, 4) is 0 Å². The number of hydrogen-bond donors (Lipinski definition) is 1. The fourth-order valence-electron chi connectivity index (χ4n) is 2.12. The molecule has 0 spiro atoms. The van der Waals surface area contributed by atoms with Crippen LogP contribution in [-0.2, 0) is 4.79 Å². The van der Waals surface area contributed by atoms with Crippen molar-refractivity contribution in [2.75, 3.05) is 4.90 Å². The van der Waals surface area contributed by atoms with E-state index in [9.17, 15) is 4.79 Å². The number of rotatable bonds is 2. The molecule has 3 nitrogen and oxygen atoms in total. The van der Waals surface area contributed by atoms with Gasteiger partial charge in [0.25, 0.3) is 5.91 Å². The topological polar surface area (TPSA) is 44.2 Å². The van der Waals surface area contributed by atoms with Crippen LogP contribution in [0, 0.1) is 12.3 Å². The van der Waals surface area contributed by atoms with Crippen LogP contribution in [0.1, 0.15) is 11.1 Å². The zero-order valence-corrected chi connectivity index (χ0v) is 12.4. The third-order valence-corrected chi connectivity index (χ3v) is 4.10. The van der Waals surface area contributed by atoms with Gasteiger partial charge in [-0.15, -0.1) is 0 Å². The van der Waals surface area contributed by atoms with Crippen LogP contribution in [0.2, 0.25) is 0 Å². The van der Waals surface area contributed by atoms with E-state index in [1.165, 1.54) is 16.7 Å². The number of benzene rings is 2. The van der Waals surface area contributed by atoms with Crippen LogP contribution in [-0.4, -0.2) is 11.1 Å². The molecule has 2 aromatic rings. The maximum absolute atomic E-state index is 12.5. The predicted octanol–water partition coefficient (Wildman–Crippen LogP) is 4.05. The average molecular weight is 294 g/mol. The van der Waals surface area contributed by atoms with Crippen LogP contribution in [0.5, 0.6) is 0 Å². The summed E-state index contributed by atoms with van der Waals surface area (Å²) in [4.78, 5) is 14.5. The van der Waals surface area contributed by atoms with Crippen LogP contribution < -0.4 is 4.90 Å². The number of thioether (sulfide) groups is 1. The number of carbonyl (C=O) groups excluding carboxylic acids is 1. The first-order valence-corrected chi connectivity index (χ1v) is 7.41. The molecule has 1 N–H and O–H groups in total. The minimum Gasteiger partial charge on any atom is -0.278 e. The molecular formula is C17H14N2OS.